The lowest BCUT2D eigenvalue weighted by Crippen LogP contribution is -2.37. The third-order valence-corrected chi connectivity index (χ3v) is 4.24. The Morgan fingerprint density at radius 1 is 1.19 bits per heavy atom. The zero-order valence-corrected chi connectivity index (χ0v) is 14.2. The van der Waals surface area contributed by atoms with Gasteiger partial charge in [0.1, 0.15) is 5.69 Å². The molecule has 1 saturated heterocycles. The van der Waals surface area contributed by atoms with E-state index in [-0.39, 0.29) is 12.3 Å². The van der Waals surface area contributed by atoms with E-state index < -0.39 is 0 Å². The molecule has 1 amide bonds. The molecule has 0 radical (unpaired) electrons. The van der Waals surface area contributed by atoms with Crippen LogP contribution in [-0.2, 0) is 22.5 Å². The first-order valence-electron chi connectivity index (χ1n) is 8.54. The summed E-state index contributed by atoms with van der Waals surface area (Å²) in [5.74, 6) is 0.540. The quantitative estimate of drug-likeness (QED) is 0.739. The van der Waals surface area contributed by atoms with Gasteiger partial charge in [-0.05, 0) is 18.2 Å². The van der Waals surface area contributed by atoms with Gasteiger partial charge in [-0.2, -0.15) is 0 Å². The minimum atomic E-state index is -0.129. The number of hydrogen-bond donors (Lipinski definition) is 1. The topological polar surface area (TPSA) is 93.4 Å². The van der Waals surface area contributed by atoms with Gasteiger partial charge in [0, 0.05) is 24.7 Å². The number of anilines is 1. The van der Waals surface area contributed by atoms with E-state index in [1.807, 2.05) is 24.3 Å². The average molecular weight is 353 g/mol. The summed E-state index contributed by atoms with van der Waals surface area (Å²) in [6, 6.07) is 9.30. The minimum absolute atomic E-state index is 0.129. The van der Waals surface area contributed by atoms with Crippen LogP contribution >= 0.6 is 0 Å². The number of morpholine rings is 1. The fraction of sp³-hybridized carbons (Fsp3) is 0.333. The third kappa shape index (κ3) is 3.65. The largest absolute Gasteiger partial charge is 0.378 e. The summed E-state index contributed by atoms with van der Waals surface area (Å²) >= 11 is 0. The number of ether oxygens (including phenoxy) is 1. The van der Waals surface area contributed by atoms with E-state index in [4.69, 9.17) is 9.26 Å². The molecule has 1 aromatic carbocycles. The molecule has 0 atom stereocenters. The molecule has 0 spiro atoms. The van der Waals surface area contributed by atoms with Crippen molar-refractivity contribution in [1.29, 1.82) is 0 Å². The van der Waals surface area contributed by atoms with Crippen molar-refractivity contribution in [3.8, 4) is 0 Å². The molecule has 26 heavy (non-hydrogen) atoms. The Bertz CT molecular complexity index is 904. The van der Waals surface area contributed by atoms with Gasteiger partial charge in [-0.25, -0.2) is 9.97 Å². The van der Waals surface area contributed by atoms with Gasteiger partial charge in [-0.15, -0.1) is 0 Å². The molecule has 0 bridgehead atoms. The monoisotopic (exact) mass is 353 g/mol. The smallest absolute Gasteiger partial charge is 0.226 e. The van der Waals surface area contributed by atoms with Gasteiger partial charge in [0.25, 0.3) is 0 Å². The predicted octanol–water partition coefficient (Wildman–Crippen LogP) is 1.31. The molecule has 1 aliphatic heterocycles. The van der Waals surface area contributed by atoms with Crippen molar-refractivity contribution >= 4 is 22.8 Å². The molecule has 0 unspecified atom stereocenters. The van der Waals surface area contributed by atoms with Crippen molar-refractivity contribution in [2.24, 2.45) is 0 Å². The molecule has 1 fully saturated rings. The van der Waals surface area contributed by atoms with Crippen molar-refractivity contribution in [3.63, 3.8) is 0 Å². The number of nitrogens with zero attached hydrogens (tertiary/aromatic N) is 4. The SMILES string of the molecule is O=C(Cc1noc2ccccc12)NCc1ccnc(N2CCOCC2)n1. The number of carbonyl (C=O) groups excluding carboxylic acids is 1. The Balaban J connectivity index is 1.37. The van der Waals surface area contributed by atoms with Crippen LogP contribution in [0.15, 0.2) is 41.1 Å². The normalized spacial score (nSPS) is 14.5. The highest BCUT2D eigenvalue weighted by Crippen LogP contribution is 2.18. The van der Waals surface area contributed by atoms with Crippen LogP contribution in [0.2, 0.25) is 0 Å². The van der Waals surface area contributed by atoms with Gasteiger partial charge in [0.2, 0.25) is 11.9 Å². The van der Waals surface area contributed by atoms with Crippen molar-refractivity contribution < 1.29 is 14.1 Å². The summed E-state index contributed by atoms with van der Waals surface area (Å²) in [6.07, 6.45) is 1.88. The van der Waals surface area contributed by atoms with Crippen LogP contribution in [0.1, 0.15) is 11.4 Å². The summed E-state index contributed by atoms with van der Waals surface area (Å²) in [6.45, 7) is 3.24. The van der Waals surface area contributed by atoms with Gasteiger partial charge in [-0.1, -0.05) is 17.3 Å². The molecule has 1 aliphatic rings. The first kappa shape index (κ1) is 16.5. The molecule has 0 aliphatic carbocycles. The molecule has 4 rings (SSSR count). The second kappa shape index (κ2) is 7.49. The first-order valence-corrected chi connectivity index (χ1v) is 8.54. The lowest BCUT2D eigenvalue weighted by molar-refractivity contribution is -0.120. The van der Waals surface area contributed by atoms with Crippen LogP contribution in [-0.4, -0.2) is 47.3 Å². The second-order valence-corrected chi connectivity index (χ2v) is 6.03. The van der Waals surface area contributed by atoms with Crippen LogP contribution in [0, 0.1) is 0 Å². The maximum Gasteiger partial charge on any atom is 0.226 e. The number of carbonyl (C=O) groups is 1. The first-order chi connectivity index (χ1) is 12.8. The minimum Gasteiger partial charge on any atom is -0.378 e. The lowest BCUT2D eigenvalue weighted by atomic mass is 10.1. The molecule has 8 nitrogen and oxygen atoms in total. The third-order valence-electron chi connectivity index (χ3n) is 4.24. The maximum atomic E-state index is 12.3. The number of para-hydroxylation sites is 1. The maximum absolute atomic E-state index is 12.3. The van der Waals surface area contributed by atoms with Crippen molar-refractivity contribution in [2.75, 3.05) is 31.2 Å². The molecule has 1 N–H and O–H groups in total. The summed E-state index contributed by atoms with van der Waals surface area (Å²) in [4.78, 5) is 23.2. The Kier molecular flexibility index (Phi) is 4.74. The highest BCUT2D eigenvalue weighted by molar-refractivity contribution is 5.86. The predicted molar refractivity (Wildman–Crippen MR) is 94.6 cm³/mol. The number of fused-ring (bicyclic) bond motifs is 1. The number of aromatic nitrogens is 3. The van der Waals surface area contributed by atoms with Crippen LogP contribution < -0.4 is 10.2 Å². The lowest BCUT2D eigenvalue weighted by Gasteiger charge is -2.26. The standard InChI is InChI=1S/C18H19N5O3/c24-17(11-15-14-3-1-2-4-16(14)26-22-15)20-12-13-5-6-19-18(21-13)23-7-9-25-10-8-23/h1-6H,7-12H2,(H,20,24). The average Bonchev–Trinajstić information content (AvgIpc) is 3.10. The van der Waals surface area contributed by atoms with Crippen LogP contribution in [0.5, 0.6) is 0 Å². The molecule has 2 aromatic heterocycles. The summed E-state index contributed by atoms with van der Waals surface area (Å²) in [7, 11) is 0. The van der Waals surface area contributed by atoms with E-state index in [2.05, 4.69) is 25.3 Å². The van der Waals surface area contributed by atoms with Gasteiger partial charge in [-0.3, -0.25) is 4.79 Å². The van der Waals surface area contributed by atoms with E-state index in [0.717, 1.165) is 24.2 Å². The van der Waals surface area contributed by atoms with E-state index in [1.54, 1.807) is 12.3 Å². The Labute approximate surface area is 150 Å². The highest BCUT2D eigenvalue weighted by atomic mass is 16.5. The van der Waals surface area contributed by atoms with E-state index in [9.17, 15) is 4.79 Å². The number of nitrogens with one attached hydrogen (secondary N) is 1. The van der Waals surface area contributed by atoms with Gasteiger partial charge in [0.15, 0.2) is 5.58 Å². The number of rotatable bonds is 5. The molecule has 134 valence electrons. The van der Waals surface area contributed by atoms with E-state index in [0.29, 0.717) is 37.0 Å². The fourth-order valence-electron chi connectivity index (χ4n) is 2.87. The summed E-state index contributed by atoms with van der Waals surface area (Å²) in [5.41, 5.74) is 2.08. The fourth-order valence-corrected chi connectivity index (χ4v) is 2.87. The molecular weight excluding hydrogens is 334 g/mol. The number of benzene rings is 1. The van der Waals surface area contributed by atoms with Crippen molar-refractivity contribution in [1.82, 2.24) is 20.4 Å². The molecule has 3 aromatic rings. The van der Waals surface area contributed by atoms with E-state index in [1.165, 1.54) is 0 Å². The Morgan fingerprint density at radius 2 is 2.04 bits per heavy atom. The molecule has 0 saturated carbocycles. The van der Waals surface area contributed by atoms with Gasteiger partial charge in [0.05, 0.1) is 31.9 Å². The number of hydrogen-bond acceptors (Lipinski definition) is 7. The zero-order chi connectivity index (χ0) is 17.8. The zero-order valence-electron chi connectivity index (χ0n) is 14.2. The highest BCUT2D eigenvalue weighted by Gasteiger charge is 2.15. The van der Waals surface area contributed by atoms with E-state index >= 15 is 0 Å². The van der Waals surface area contributed by atoms with Gasteiger partial charge >= 0.3 is 0 Å². The number of amides is 1. The van der Waals surface area contributed by atoms with Crippen LogP contribution in [0.4, 0.5) is 5.95 Å². The molecular formula is C18H19N5O3. The van der Waals surface area contributed by atoms with Crippen LogP contribution in [0.25, 0.3) is 11.0 Å². The Morgan fingerprint density at radius 3 is 2.92 bits per heavy atom. The van der Waals surface area contributed by atoms with Gasteiger partial charge < -0.3 is 19.5 Å². The molecule has 3 heterocycles. The second-order valence-electron chi connectivity index (χ2n) is 6.03. The summed E-state index contributed by atoms with van der Waals surface area (Å²) < 4.78 is 10.6. The molecule has 8 heteroatoms. The van der Waals surface area contributed by atoms with Crippen molar-refractivity contribution in [2.45, 2.75) is 13.0 Å². The summed E-state index contributed by atoms with van der Waals surface area (Å²) in [5, 5.41) is 7.72. The van der Waals surface area contributed by atoms with Crippen molar-refractivity contribution in [3.05, 3.63) is 47.9 Å². The van der Waals surface area contributed by atoms with Crippen LogP contribution in [0.3, 0.4) is 0 Å². The Hall–Kier alpha value is -3.00.